The number of β-amino-alcohol motifs (C(OH)–C–C–N with tert-alkyl or cyclic N) is 1. The third kappa shape index (κ3) is 4.58. The van der Waals surface area contributed by atoms with Crippen molar-refractivity contribution >= 4 is 0 Å². The van der Waals surface area contributed by atoms with Crippen LogP contribution >= 0.6 is 0 Å². The van der Waals surface area contributed by atoms with Gasteiger partial charge in [0.25, 0.3) is 0 Å². The van der Waals surface area contributed by atoms with Gasteiger partial charge in [0.15, 0.2) is 0 Å². The third-order valence-electron chi connectivity index (χ3n) is 2.69. The number of likely N-dealkylation sites (tertiary alicyclic amines) is 1. The van der Waals surface area contributed by atoms with Crippen molar-refractivity contribution in [2.75, 3.05) is 26.2 Å². The van der Waals surface area contributed by atoms with Gasteiger partial charge in [-0.1, -0.05) is 13.8 Å². The standard InChI is InChI=1S/C11H17N3O2.C2H6/c1-9-6-13-11(7-12-9)16-10-2-3-14(8-10)4-5-15;1-2/h6-7,10,15H,2-5,8H2,1H3;1-2H3. The molecule has 5 nitrogen and oxygen atoms in total. The zero-order chi connectivity index (χ0) is 13.4. The molecular formula is C13H23N3O2. The second-order valence-corrected chi connectivity index (χ2v) is 4.05. The molecule has 18 heavy (non-hydrogen) atoms. The van der Waals surface area contributed by atoms with Crippen LogP contribution in [0.25, 0.3) is 0 Å². The quantitative estimate of drug-likeness (QED) is 0.875. The van der Waals surface area contributed by atoms with E-state index in [1.807, 2.05) is 20.8 Å². The van der Waals surface area contributed by atoms with Crippen molar-refractivity contribution in [1.29, 1.82) is 0 Å². The molecule has 1 aliphatic rings. The zero-order valence-corrected chi connectivity index (χ0v) is 11.5. The van der Waals surface area contributed by atoms with Gasteiger partial charge in [-0.3, -0.25) is 9.88 Å². The van der Waals surface area contributed by atoms with E-state index < -0.39 is 0 Å². The first-order chi connectivity index (χ1) is 8.78. The van der Waals surface area contributed by atoms with Gasteiger partial charge in [-0.25, -0.2) is 4.98 Å². The van der Waals surface area contributed by atoms with E-state index in [2.05, 4.69) is 14.9 Å². The maximum absolute atomic E-state index is 8.83. The number of aryl methyl sites for hydroxylation is 1. The van der Waals surface area contributed by atoms with Crippen LogP contribution in [0.1, 0.15) is 26.0 Å². The SMILES string of the molecule is CC.Cc1cnc(OC2CCN(CCO)C2)cn1. The molecule has 0 aromatic carbocycles. The molecule has 1 unspecified atom stereocenters. The molecule has 1 atom stereocenters. The molecule has 102 valence electrons. The summed E-state index contributed by atoms with van der Waals surface area (Å²) in [5.41, 5.74) is 0.890. The summed E-state index contributed by atoms with van der Waals surface area (Å²) >= 11 is 0. The summed E-state index contributed by atoms with van der Waals surface area (Å²) in [5.74, 6) is 0.585. The first kappa shape index (κ1) is 14.9. The van der Waals surface area contributed by atoms with Crippen molar-refractivity contribution in [1.82, 2.24) is 14.9 Å². The van der Waals surface area contributed by atoms with E-state index >= 15 is 0 Å². The Morgan fingerprint density at radius 2 is 2.17 bits per heavy atom. The number of nitrogens with zero attached hydrogens (tertiary/aromatic N) is 3. The molecule has 0 radical (unpaired) electrons. The van der Waals surface area contributed by atoms with Crippen LogP contribution in [0.4, 0.5) is 0 Å². The second kappa shape index (κ2) is 8.00. The molecule has 0 saturated carbocycles. The van der Waals surface area contributed by atoms with Gasteiger partial charge >= 0.3 is 0 Å². The lowest BCUT2D eigenvalue weighted by Crippen LogP contribution is -2.27. The van der Waals surface area contributed by atoms with Crippen LogP contribution in [0.2, 0.25) is 0 Å². The van der Waals surface area contributed by atoms with Gasteiger partial charge < -0.3 is 9.84 Å². The first-order valence-corrected chi connectivity index (χ1v) is 6.56. The van der Waals surface area contributed by atoms with Crippen LogP contribution in [-0.2, 0) is 0 Å². The zero-order valence-electron chi connectivity index (χ0n) is 11.5. The van der Waals surface area contributed by atoms with E-state index in [0.29, 0.717) is 5.88 Å². The highest BCUT2D eigenvalue weighted by atomic mass is 16.5. The summed E-state index contributed by atoms with van der Waals surface area (Å²) in [6.07, 6.45) is 4.51. The number of rotatable bonds is 4. The van der Waals surface area contributed by atoms with Crippen LogP contribution in [0.5, 0.6) is 5.88 Å². The molecule has 1 aromatic heterocycles. The molecule has 5 heteroatoms. The van der Waals surface area contributed by atoms with E-state index in [1.54, 1.807) is 12.4 Å². The predicted molar refractivity (Wildman–Crippen MR) is 70.7 cm³/mol. The van der Waals surface area contributed by atoms with Crippen molar-refractivity contribution in [3.05, 3.63) is 18.1 Å². The Kier molecular flexibility index (Phi) is 6.60. The molecular weight excluding hydrogens is 230 g/mol. The van der Waals surface area contributed by atoms with E-state index in [9.17, 15) is 0 Å². The Balaban J connectivity index is 0.000000771. The maximum Gasteiger partial charge on any atom is 0.232 e. The minimum absolute atomic E-state index is 0.170. The van der Waals surface area contributed by atoms with Crippen molar-refractivity contribution in [2.45, 2.75) is 33.3 Å². The lowest BCUT2D eigenvalue weighted by Gasteiger charge is -2.14. The van der Waals surface area contributed by atoms with Crippen molar-refractivity contribution in [2.24, 2.45) is 0 Å². The molecule has 1 N–H and O–H groups in total. The summed E-state index contributed by atoms with van der Waals surface area (Å²) in [4.78, 5) is 10.5. The molecule has 1 aromatic rings. The van der Waals surface area contributed by atoms with Crippen LogP contribution in [0, 0.1) is 6.92 Å². The van der Waals surface area contributed by atoms with E-state index in [0.717, 1.165) is 31.7 Å². The molecule has 0 amide bonds. The predicted octanol–water partition coefficient (Wildman–Crippen LogP) is 1.26. The summed E-state index contributed by atoms with van der Waals surface area (Å²) in [6.45, 7) is 8.66. The molecule has 0 aliphatic carbocycles. The number of aromatic nitrogens is 2. The lowest BCUT2D eigenvalue weighted by atomic mass is 10.3. The molecule has 1 aliphatic heterocycles. The number of aliphatic hydroxyl groups is 1. The second-order valence-electron chi connectivity index (χ2n) is 4.05. The van der Waals surface area contributed by atoms with Gasteiger partial charge in [-0.05, 0) is 13.3 Å². The Bertz CT molecular complexity index is 330. The summed E-state index contributed by atoms with van der Waals surface area (Å²) in [5, 5.41) is 8.83. The summed E-state index contributed by atoms with van der Waals surface area (Å²) < 4.78 is 5.71. The topological polar surface area (TPSA) is 58.5 Å². The highest BCUT2D eigenvalue weighted by molar-refractivity contribution is 5.06. The van der Waals surface area contributed by atoms with Crippen LogP contribution in [0.3, 0.4) is 0 Å². The summed E-state index contributed by atoms with van der Waals surface area (Å²) in [6, 6.07) is 0. The lowest BCUT2D eigenvalue weighted by molar-refractivity contribution is 0.176. The van der Waals surface area contributed by atoms with Crippen molar-refractivity contribution < 1.29 is 9.84 Å². The van der Waals surface area contributed by atoms with Gasteiger partial charge in [0.1, 0.15) is 6.10 Å². The fourth-order valence-corrected chi connectivity index (χ4v) is 1.85. The van der Waals surface area contributed by atoms with Gasteiger partial charge in [0.05, 0.1) is 24.7 Å². The Morgan fingerprint density at radius 1 is 1.39 bits per heavy atom. The average molecular weight is 253 g/mol. The Hall–Kier alpha value is -1.20. The molecule has 2 rings (SSSR count). The maximum atomic E-state index is 8.83. The molecule has 0 bridgehead atoms. The minimum Gasteiger partial charge on any atom is -0.472 e. The number of ether oxygens (including phenoxy) is 1. The van der Waals surface area contributed by atoms with Gasteiger partial charge in [-0.15, -0.1) is 0 Å². The Labute approximate surface area is 109 Å². The smallest absolute Gasteiger partial charge is 0.232 e. The highest BCUT2D eigenvalue weighted by Gasteiger charge is 2.23. The first-order valence-electron chi connectivity index (χ1n) is 6.56. The average Bonchev–Trinajstić information content (AvgIpc) is 2.83. The molecule has 0 spiro atoms. The fraction of sp³-hybridized carbons (Fsp3) is 0.692. The number of aliphatic hydroxyl groups excluding tert-OH is 1. The van der Waals surface area contributed by atoms with Crippen molar-refractivity contribution in [3.63, 3.8) is 0 Å². The Morgan fingerprint density at radius 3 is 2.78 bits per heavy atom. The van der Waals surface area contributed by atoms with Crippen molar-refractivity contribution in [3.8, 4) is 5.88 Å². The highest BCUT2D eigenvalue weighted by Crippen LogP contribution is 2.15. The van der Waals surface area contributed by atoms with Gasteiger partial charge in [-0.2, -0.15) is 0 Å². The van der Waals surface area contributed by atoms with E-state index in [-0.39, 0.29) is 12.7 Å². The fourth-order valence-electron chi connectivity index (χ4n) is 1.85. The van der Waals surface area contributed by atoms with Gasteiger partial charge in [0.2, 0.25) is 5.88 Å². The van der Waals surface area contributed by atoms with E-state index in [1.165, 1.54) is 0 Å². The molecule has 2 heterocycles. The normalized spacial score (nSPS) is 19.2. The van der Waals surface area contributed by atoms with Gasteiger partial charge in [0, 0.05) is 19.6 Å². The van der Waals surface area contributed by atoms with Crippen LogP contribution in [0.15, 0.2) is 12.4 Å². The third-order valence-corrected chi connectivity index (χ3v) is 2.69. The largest absolute Gasteiger partial charge is 0.472 e. The van der Waals surface area contributed by atoms with E-state index in [4.69, 9.17) is 9.84 Å². The minimum atomic E-state index is 0.170. The molecule has 1 fully saturated rings. The summed E-state index contributed by atoms with van der Waals surface area (Å²) in [7, 11) is 0. The number of hydrogen-bond donors (Lipinski definition) is 1. The molecule has 1 saturated heterocycles. The number of hydrogen-bond acceptors (Lipinski definition) is 5. The monoisotopic (exact) mass is 253 g/mol. The van der Waals surface area contributed by atoms with Crippen LogP contribution in [-0.4, -0.2) is 52.3 Å². The van der Waals surface area contributed by atoms with Crippen LogP contribution < -0.4 is 4.74 Å².